The number of anilines is 1. The van der Waals surface area contributed by atoms with Gasteiger partial charge in [-0.1, -0.05) is 0 Å². The number of carbonyl (C=O) groups is 1. The van der Waals surface area contributed by atoms with Crippen LogP contribution in [0.1, 0.15) is 12.8 Å². The van der Waals surface area contributed by atoms with E-state index in [-0.39, 0.29) is 22.9 Å². The van der Waals surface area contributed by atoms with Gasteiger partial charge in [0.2, 0.25) is 15.9 Å². The van der Waals surface area contributed by atoms with Gasteiger partial charge in [-0.2, -0.15) is 4.31 Å². The largest absolute Gasteiger partial charge is 0.495 e. The zero-order chi connectivity index (χ0) is 19.6. The molecule has 1 fully saturated rings. The summed E-state index contributed by atoms with van der Waals surface area (Å²) >= 11 is 1.23. The molecule has 1 aliphatic rings. The van der Waals surface area contributed by atoms with Gasteiger partial charge >= 0.3 is 0 Å². The highest BCUT2D eigenvalue weighted by Gasteiger charge is 2.41. The Morgan fingerprint density at radius 1 is 1.48 bits per heavy atom. The standard InChI is InChI=1S/C15H16N4O6S2/c1-25-12-9-10(19(21)22)4-5-13(12)27(23,24)18-7-2-3-11(18)14(20)17-15-16-6-8-26-15/h4-6,8-9,11H,2-3,7H2,1H3,(H,16,17,20)/t11-/m1/s1. The molecule has 12 heteroatoms. The second kappa shape index (κ2) is 7.58. The van der Waals surface area contributed by atoms with Crippen LogP contribution in [-0.4, -0.2) is 48.2 Å². The molecule has 0 radical (unpaired) electrons. The molecule has 144 valence electrons. The minimum absolute atomic E-state index is 0.143. The molecule has 1 amide bonds. The first-order chi connectivity index (χ1) is 12.8. The van der Waals surface area contributed by atoms with Gasteiger partial charge in [-0.3, -0.25) is 14.9 Å². The lowest BCUT2D eigenvalue weighted by Crippen LogP contribution is -2.43. The monoisotopic (exact) mass is 412 g/mol. The smallest absolute Gasteiger partial charge is 0.273 e. The SMILES string of the molecule is COc1cc([N+](=O)[O-])ccc1S(=O)(=O)N1CCC[C@@H]1C(=O)Nc1nccs1. The van der Waals surface area contributed by atoms with Crippen LogP contribution in [0.5, 0.6) is 5.75 Å². The van der Waals surface area contributed by atoms with E-state index in [9.17, 15) is 23.3 Å². The molecule has 0 aliphatic carbocycles. The maximum absolute atomic E-state index is 13.1. The Balaban J connectivity index is 1.91. The molecule has 1 aromatic carbocycles. The van der Waals surface area contributed by atoms with E-state index in [0.717, 1.165) is 22.5 Å². The predicted molar refractivity (Wildman–Crippen MR) is 97.3 cm³/mol. The molecule has 1 atom stereocenters. The molecule has 1 aliphatic heterocycles. The van der Waals surface area contributed by atoms with Crippen LogP contribution in [0.2, 0.25) is 0 Å². The van der Waals surface area contributed by atoms with Crippen LogP contribution in [0, 0.1) is 10.1 Å². The van der Waals surface area contributed by atoms with Gasteiger partial charge in [0.1, 0.15) is 16.7 Å². The number of methoxy groups -OCH3 is 1. The molecule has 10 nitrogen and oxygen atoms in total. The van der Waals surface area contributed by atoms with E-state index in [1.165, 1.54) is 24.6 Å². The maximum Gasteiger partial charge on any atom is 0.273 e. The molecule has 0 bridgehead atoms. The summed E-state index contributed by atoms with van der Waals surface area (Å²) < 4.78 is 32.3. The van der Waals surface area contributed by atoms with Crippen LogP contribution in [0.4, 0.5) is 10.8 Å². The summed E-state index contributed by atoms with van der Waals surface area (Å²) in [5, 5.41) is 15.6. The van der Waals surface area contributed by atoms with E-state index in [0.29, 0.717) is 18.0 Å². The van der Waals surface area contributed by atoms with Crippen LogP contribution >= 0.6 is 11.3 Å². The molecular formula is C15H16N4O6S2. The Kier molecular flexibility index (Phi) is 5.39. The third-order valence-electron chi connectivity index (χ3n) is 4.11. The normalized spacial score (nSPS) is 17.6. The topological polar surface area (TPSA) is 132 Å². The third-order valence-corrected chi connectivity index (χ3v) is 6.75. The van der Waals surface area contributed by atoms with E-state index in [2.05, 4.69) is 10.3 Å². The summed E-state index contributed by atoms with van der Waals surface area (Å²) in [6.07, 6.45) is 2.42. The zero-order valence-electron chi connectivity index (χ0n) is 14.2. The van der Waals surface area contributed by atoms with E-state index in [1.807, 2.05) is 0 Å². The maximum atomic E-state index is 13.1. The van der Waals surface area contributed by atoms with Crippen LogP contribution in [0.25, 0.3) is 0 Å². The van der Waals surface area contributed by atoms with Gasteiger partial charge in [-0.05, 0) is 18.9 Å². The first-order valence-corrected chi connectivity index (χ1v) is 10.2. The lowest BCUT2D eigenvalue weighted by molar-refractivity contribution is -0.385. The highest BCUT2D eigenvalue weighted by molar-refractivity contribution is 7.89. The Labute approximate surface area is 159 Å². The highest BCUT2D eigenvalue weighted by Crippen LogP contribution is 2.34. The van der Waals surface area contributed by atoms with Crippen molar-refractivity contribution in [3.8, 4) is 5.75 Å². The lowest BCUT2D eigenvalue weighted by atomic mass is 10.2. The highest BCUT2D eigenvalue weighted by atomic mass is 32.2. The van der Waals surface area contributed by atoms with Crippen LogP contribution in [0.15, 0.2) is 34.7 Å². The van der Waals surface area contributed by atoms with Crippen LogP contribution < -0.4 is 10.1 Å². The first kappa shape index (κ1) is 19.2. The summed E-state index contributed by atoms with van der Waals surface area (Å²) in [7, 11) is -2.86. The number of nitrogens with one attached hydrogen (secondary N) is 1. The fourth-order valence-corrected chi connectivity index (χ4v) is 5.20. The number of ether oxygens (including phenoxy) is 1. The van der Waals surface area contributed by atoms with Crippen molar-refractivity contribution in [3.63, 3.8) is 0 Å². The van der Waals surface area contributed by atoms with Gasteiger partial charge in [0.05, 0.1) is 18.1 Å². The van der Waals surface area contributed by atoms with Crippen molar-refractivity contribution in [1.29, 1.82) is 0 Å². The number of nitro benzene ring substituents is 1. The quantitative estimate of drug-likeness (QED) is 0.565. The fourth-order valence-electron chi connectivity index (χ4n) is 2.87. The molecule has 2 heterocycles. The van der Waals surface area contributed by atoms with Crippen molar-refractivity contribution in [3.05, 3.63) is 39.9 Å². The van der Waals surface area contributed by atoms with Gasteiger partial charge in [-0.25, -0.2) is 13.4 Å². The number of thiazole rings is 1. The van der Waals surface area contributed by atoms with E-state index in [1.54, 1.807) is 5.38 Å². The van der Waals surface area contributed by atoms with Crippen LogP contribution in [0.3, 0.4) is 0 Å². The molecule has 1 N–H and O–H groups in total. The number of hydrogen-bond acceptors (Lipinski definition) is 8. The number of aromatic nitrogens is 1. The van der Waals surface area contributed by atoms with E-state index >= 15 is 0 Å². The summed E-state index contributed by atoms with van der Waals surface area (Å²) in [4.78, 5) is 26.5. The van der Waals surface area contributed by atoms with Crippen molar-refractivity contribution in [2.45, 2.75) is 23.8 Å². The second-order valence-corrected chi connectivity index (χ2v) is 8.45. The summed E-state index contributed by atoms with van der Waals surface area (Å²) in [5.41, 5.74) is -0.287. The van der Waals surface area contributed by atoms with Crippen LogP contribution in [-0.2, 0) is 14.8 Å². The molecule has 2 aromatic rings. The van der Waals surface area contributed by atoms with Gasteiger partial charge in [0.15, 0.2) is 5.13 Å². The molecule has 1 saturated heterocycles. The predicted octanol–water partition coefficient (Wildman–Crippen LogP) is 1.85. The number of rotatable bonds is 6. The Hall–Kier alpha value is -2.57. The summed E-state index contributed by atoms with van der Waals surface area (Å²) in [5.74, 6) is -0.609. The van der Waals surface area contributed by atoms with Crippen molar-refractivity contribution < 1.29 is 22.9 Å². The number of nitro groups is 1. The van der Waals surface area contributed by atoms with E-state index in [4.69, 9.17) is 4.74 Å². The zero-order valence-corrected chi connectivity index (χ0v) is 15.8. The number of sulfonamides is 1. The van der Waals surface area contributed by atoms with Crippen molar-refractivity contribution in [1.82, 2.24) is 9.29 Å². The van der Waals surface area contributed by atoms with Gasteiger partial charge in [0.25, 0.3) is 5.69 Å². The van der Waals surface area contributed by atoms with E-state index < -0.39 is 26.9 Å². The molecular weight excluding hydrogens is 396 g/mol. The average molecular weight is 412 g/mol. The number of benzene rings is 1. The summed E-state index contributed by atoms with van der Waals surface area (Å²) in [6, 6.07) is 2.38. The van der Waals surface area contributed by atoms with Crippen molar-refractivity contribution in [2.75, 3.05) is 19.0 Å². The first-order valence-electron chi connectivity index (χ1n) is 7.89. The molecule has 1 aromatic heterocycles. The van der Waals surface area contributed by atoms with Gasteiger partial charge in [0, 0.05) is 24.2 Å². The molecule has 0 unspecified atom stereocenters. The number of amides is 1. The summed E-state index contributed by atoms with van der Waals surface area (Å²) in [6.45, 7) is 0.165. The van der Waals surface area contributed by atoms with Gasteiger partial charge < -0.3 is 10.1 Å². The molecule has 0 saturated carbocycles. The Bertz CT molecular complexity index is 961. The van der Waals surface area contributed by atoms with Crippen molar-refractivity contribution >= 4 is 38.1 Å². The van der Waals surface area contributed by atoms with Gasteiger partial charge in [-0.15, -0.1) is 11.3 Å². The third kappa shape index (κ3) is 3.77. The Morgan fingerprint density at radius 2 is 2.26 bits per heavy atom. The number of carbonyl (C=O) groups excluding carboxylic acids is 1. The molecule has 27 heavy (non-hydrogen) atoms. The Morgan fingerprint density at radius 3 is 2.89 bits per heavy atom. The molecule has 0 spiro atoms. The number of hydrogen-bond donors (Lipinski definition) is 1. The number of non-ortho nitro benzene ring substituents is 1. The minimum atomic E-state index is -4.09. The van der Waals surface area contributed by atoms with Crippen molar-refractivity contribution in [2.24, 2.45) is 0 Å². The number of nitrogens with zero attached hydrogens (tertiary/aromatic N) is 3. The average Bonchev–Trinajstić information content (AvgIpc) is 3.32. The second-order valence-electron chi connectivity index (χ2n) is 5.69. The fraction of sp³-hybridized carbons (Fsp3) is 0.333. The lowest BCUT2D eigenvalue weighted by Gasteiger charge is -2.23. The molecule has 3 rings (SSSR count). The minimum Gasteiger partial charge on any atom is -0.495 e.